The number of aliphatic hydroxyl groups is 1. The van der Waals surface area contributed by atoms with Gasteiger partial charge in [0.05, 0.1) is 36.7 Å². The van der Waals surface area contributed by atoms with E-state index in [9.17, 15) is 14.7 Å². The largest absolute Gasteiger partial charge is 0.390 e. The zero-order valence-electron chi connectivity index (χ0n) is 15.8. The van der Waals surface area contributed by atoms with E-state index in [1.807, 2.05) is 18.2 Å². The van der Waals surface area contributed by atoms with Gasteiger partial charge in [0.1, 0.15) is 5.82 Å². The van der Waals surface area contributed by atoms with Crippen LogP contribution in [0.2, 0.25) is 0 Å². The number of aliphatic hydroxyl groups excluding tert-OH is 1. The second-order valence-electron chi connectivity index (χ2n) is 8.26. The first kappa shape index (κ1) is 18.0. The standard InChI is InChI=1S/C20H26N4O4/c25-13(11-22-7-9-23(10-8-22)16-3-1-2-6-21-16)12-24-19(26)17-14-4-5-15(28-14)18(17)20(24)27/h1-3,6,13-15,17-18,25H,4-5,7-12H2. The van der Waals surface area contributed by atoms with Gasteiger partial charge in [-0.15, -0.1) is 0 Å². The smallest absolute Gasteiger partial charge is 0.235 e. The van der Waals surface area contributed by atoms with Crippen molar-refractivity contribution < 1.29 is 19.4 Å². The van der Waals surface area contributed by atoms with Gasteiger partial charge in [-0.1, -0.05) is 6.07 Å². The van der Waals surface area contributed by atoms with Gasteiger partial charge in [0.25, 0.3) is 0 Å². The molecule has 150 valence electrons. The second kappa shape index (κ2) is 7.09. The summed E-state index contributed by atoms with van der Waals surface area (Å²) in [6, 6.07) is 5.89. The van der Waals surface area contributed by atoms with Crippen molar-refractivity contribution >= 4 is 17.6 Å². The Morgan fingerprint density at radius 1 is 1.04 bits per heavy atom. The summed E-state index contributed by atoms with van der Waals surface area (Å²) in [7, 11) is 0. The molecule has 5 heterocycles. The normalized spacial score (nSPS) is 33.6. The van der Waals surface area contributed by atoms with Crippen molar-refractivity contribution in [2.24, 2.45) is 11.8 Å². The summed E-state index contributed by atoms with van der Waals surface area (Å²) in [5.41, 5.74) is 0. The molecule has 5 atom stereocenters. The van der Waals surface area contributed by atoms with Crippen LogP contribution in [0.4, 0.5) is 5.82 Å². The summed E-state index contributed by atoms with van der Waals surface area (Å²) < 4.78 is 5.75. The van der Waals surface area contributed by atoms with E-state index in [1.165, 1.54) is 4.90 Å². The van der Waals surface area contributed by atoms with E-state index in [0.717, 1.165) is 44.8 Å². The van der Waals surface area contributed by atoms with Gasteiger partial charge in [0.15, 0.2) is 0 Å². The third kappa shape index (κ3) is 3.00. The van der Waals surface area contributed by atoms with Gasteiger partial charge in [-0.25, -0.2) is 4.98 Å². The van der Waals surface area contributed by atoms with Crippen molar-refractivity contribution in [3.05, 3.63) is 24.4 Å². The molecule has 8 heteroatoms. The van der Waals surface area contributed by atoms with Crippen molar-refractivity contribution in [2.75, 3.05) is 44.2 Å². The van der Waals surface area contributed by atoms with Gasteiger partial charge < -0.3 is 14.7 Å². The number of ether oxygens (including phenoxy) is 1. The third-order valence-electron chi connectivity index (χ3n) is 6.58. The number of piperazine rings is 1. The highest BCUT2D eigenvalue weighted by Crippen LogP contribution is 2.48. The highest BCUT2D eigenvalue weighted by molar-refractivity contribution is 6.06. The molecule has 0 aromatic carbocycles. The number of anilines is 1. The topological polar surface area (TPSA) is 86.2 Å². The summed E-state index contributed by atoms with van der Waals surface area (Å²) in [4.78, 5) is 35.5. The molecule has 28 heavy (non-hydrogen) atoms. The number of hydrogen-bond acceptors (Lipinski definition) is 7. The van der Waals surface area contributed by atoms with E-state index in [4.69, 9.17) is 4.74 Å². The number of rotatable bonds is 5. The van der Waals surface area contributed by atoms with Gasteiger partial charge in [-0.2, -0.15) is 0 Å². The molecule has 4 fully saturated rings. The number of hydrogen-bond donors (Lipinski definition) is 1. The first-order valence-electron chi connectivity index (χ1n) is 10.2. The first-order valence-corrected chi connectivity index (χ1v) is 10.2. The molecule has 0 radical (unpaired) electrons. The van der Waals surface area contributed by atoms with Crippen LogP contribution in [0.3, 0.4) is 0 Å². The minimum absolute atomic E-state index is 0.0879. The number of aromatic nitrogens is 1. The first-order chi connectivity index (χ1) is 13.6. The van der Waals surface area contributed by atoms with Crippen molar-refractivity contribution in [3.8, 4) is 0 Å². The molecule has 2 bridgehead atoms. The fourth-order valence-electron chi connectivity index (χ4n) is 5.22. The molecule has 4 saturated heterocycles. The predicted molar refractivity (Wildman–Crippen MR) is 100 cm³/mol. The Bertz CT molecular complexity index is 724. The zero-order valence-corrected chi connectivity index (χ0v) is 15.8. The summed E-state index contributed by atoms with van der Waals surface area (Å²) in [6.45, 7) is 3.88. The molecule has 5 rings (SSSR count). The predicted octanol–water partition coefficient (Wildman–Crippen LogP) is -0.273. The Morgan fingerprint density at radius 3 is 2.32 bits per heavy atom. The maximum absolute atomic E-state index is 12.7. The van der Waals surface area contributed by atoms with Crippen LogP contribution in [0.25, 0.3) is 0 Å². The van der Waals surface area contributed by atoms with E-state index >= 15 is 0 Å². The lowest BCUT2D eigenvalue weighted by molar-refractivity contribution is -0.144. The number of nitrogens with zero attached hydrogens (tertiary/aromatic N) is 4. The van der Waals surface area contributed by atoms with Crippen LogP contribution in [-0.4, -0.2) is 89.3 Å². The number of carbonyl (C=O) groups is 2. The van der Waals surface area contributed by atoms with E-state index in [2.05, 4.69) is 14.8 Å². The minimum atomic E-state index is -0.730. The van der Waals surface area contributed by atoms with Crippen molar-refractivity contribution in [1.29, 1.82) is 0 Å². The number of pyridine rings is 1. The fraction of sp³-hybridized carbons (Fsp3) is 0.650. The molecule has 1 N–H and O–H groups in total. The maximum Gasteiger partial charge on any atom is 0.235 e. The average molecular weight is 386 g/mol. The lowest BCUT2D eigenvalue weighted by Gasteiger charge is -2.36. The van der Waals surface area contributed by atoms with Gasteiger partial charge >= 0.3 is 0 Å². The van der Waals surface area contributed by atoms with Crippen LogP contribution < -0.4 is 4.90 Å². The minimum Gasteiger partial charge on any atom is -0.390 e. The molecule has 4 aliphatic heterocycles. The van der Waals surface area contributed by atoms with Crippen LogP contribution in [-0.2, 0) is 14.3 Å². The Labute approximate surface area is 164 Å². The van der Waals surface area contributed by atoms with Crippen LogP contribution in [0.15, 0.2) is 24.4 Å². The molecule has 1 aromatic heterocycles. The lowest BCUT2D eigenvalue weighted by atomic mass is 9.81. The number of imide groups is 1. The number of β-amino-alcohol motifs (C(OH)–C–C–N with tert-alkyl or cyclic N) is 1. The molecule has 0 aliphatic carbocycles. The van der Waals surface area contributed by atoms with Gasteiger partial charge in [0, 0.05) is 38.9 Å². The van der Waals surface area contributed by atoms with E-state index in [1.54, 1.807) is 6.20 Å². The molecule has 4 aliphatic rings. The summed E-state index contributed by atoms with van der Waals surface area (Å²) in [5.74, 6) is 0.0301. The monoisotopic (exact) mass is 386 g/mol. The van der Waals surface area contributed by atoms with Crippen LogP contribution >= 0.6 is 0 Å². The molecular weight excluding hydrogens is 360 g/mol. The van der Waals surface area contributed by atoms with E-state index in [-0.39, 0.29) is 42.4 Å². The summed E-state index contributed by atoms with van der Waals surface area (Å²) >= 11 is 0. The van der Waals surface area contributed by atoms with E-state index in [0.29, 0.717) is 6.54 Å². The van der Waals surface area contributed by atoms with Crippen LogP contribution in [0.5, 0.6) is 0 Å². The molecule has 8 nitrogen and oxygen atoms in total. The highest BCUT2D eigenvalue weighted by atomic mass is 16.5. The number of amides is 2. The van der Waals surface area contributed by atoms with Gasteiger partial charge in [-0.3, -0.25) is 19.4 Å². The van der Waals surface area contributed by atoms with Crippen LogP contribution in [0, 0.1) is 11.8 Å². The number of fused-ring (bicyclic) bond motifs is 5. The Morgan fingerprint density at radius 2 is 1.71 bits per heavy atom. The van der Waals surface area contributed by atoms with Crippen molar-refractivity contribution in [3.63, 3.8) is 0 Å². The molecule has 0 spiro atoms. The number of likely N-dealkylation sites (tertiary alicyclic amines) is 1. The van der Waals surface area contributed by atoms with Gasteiger partial charge in [0.2, 0.25) is 11.8 Å². The average Bonchev–Trinajstić information content (AvgIpc) is 3.39. The third-order valence-corrected chi connectivity index (χ3v) is 6.58. The van der Waals surface area contributed by atoms with Gasteiger partial charge in [-0.05, 0) is 25.0 Å². The Kier molecular flexibility index (Phi) is 4.57. The molecule has 2 amide bonds. The van der Waals surface area contributed by atoms with Crippen molar-refractivity contribution in [1.82, 2.24) is 14.8 Å². The molecule has 0 saturated carbocycles. The zero-order chi connectivity index (χ0) is 19.3. The number of carbonyl (C=O) groups excluding carboxylic acids is 2. The van der Waals surface area contributed by atoms with Crippen molar-refractivity contribution in [2.45, 2.75) is 31.2 Å². The quantitative estimate of drug-likeness (QED) is 0.697. The maximum atomic E-state index is 12.7. The molecular formula is C20H26N4O4. The molecule has 5 unspecified atom stereocenters. The molecule has 1 aromatic rings. The Hall–Kier alpha value is -2.03. The fourth-order valence-corrected chi connectivity index (χ4v) is 5.22. The lowest BCUT2D eigenvalue weighted by Crippen LogP contribution is -2.51. The SMILES string of the molecule is O=C1C2C3CCC(O3)C2C(=O)N1CC(O)CN1CCN(c2ccccn2)CC1. The summed E-state index contributed by atoms with van der Waals surface area (Å²) in [6.07, 6.45) is 2.58. The Balaban J connectivity index is 1.14. The summed E-state index contributed by atoms with van der Waals surface area (Å²) in [5, 5.41) is 10.5. The second-order valence-corrected chi connectivity index (χ2v) is 8.26. The van der Waals surface area contributed by atoms with Crippen LogP contribution in [0.1, 0.15) is 12.8 Å². The van der Waals surface area contributed by atoms with E-state index < -0.39 is 6.10 Å². The highest BCUT2D eigenvalue weighted by Gasteiger charge is 2.62.